The number of amides is 2. The molecule has 2 amide bonds. The van der Waals surface area contributed by atoms with E-state index in [4.69, 9.17) is 5.73 Å². The quantitative estimate of drug-likeness (QED) is 0.638. The fourth-order valence-corrected chi connectivity index (χ4v) is 4.72. The SMILES string of the molecule is Cc1cnccc1-c1ccc(C(=O)Nc2ccc(N3CCCCC3)cc2C(N)=O)s1. The van der Waals surface area contributed by atoms with Crippen LogP contribution in [-0.2, 0) is 0 Å². The van der Waals surface area contributed by atoms with Gasteiger partial charge in [-0.15, -0.1) is 11.3 Å². The van der Waals surface area contributed by atoms with E-state index in [0.717, 1.165) is 47.6 Å². The molecule has 3 heterocycles. The summed E-state index contributed by atoms with van der Waals surface area (Å²) in [7, 11) is 0. The molecule has 1 aromatic carbocycles. The Kier molecular flexibility index (Phi) is 5.81. The van der Waals surface area contributed by atoms with Gasteiger partial charge in [0.1, 0.15) is 0 Å². The Bertz CT molecular complexity index is 1090. The first-order valence-corrected chi connectivity index (χ1v) is 10.9. The molecule has 3 N–H and O–H groups in total. The number of thiophene rings is 1. The molecule has 30 heavy (non-hydrogen) atoms. The zero-order valence-corrected chi connectivity index (χ0v) is 17.7. The molecular weight excluding hydrogens is 396 g/mol. The van der Waals surface area contributed by atoms with Gasteiger partial charge in [0.2, 0.25) is 0 Å². The Morgan fingerprint density at radius 2 is 1.90 bits per heavy atom. The highest BCUT2D eigenvalue weighted by Gasteiger charge is 2.18. The molecule has 1 aliphatic heterocycles. The monoisotopic (exact) mass is 420 g/mol. The molecule has 0 spiro atoms. The predicted molar refractivity (Wildman–Crippen MR) is 121 cm³/mol. The number of anilines is 2. The zero-order chi connectivity index (χ0) is 21.1. The molecule has 0 unspecified atom stereocenters. The molecule has 1 fully saturated rings. The number of pyridine rings is 1. The number of hydrogen-bond donors (Lipinski definition) is 2. The van der Waals surface area contributed by atoms with Crippen LogP contribution in [0.25, 0.3) is 10.4 Å². The highest BCUT2D eigenvalue weighted by molar-refractivity contribution is 7.17. The summed E-state index contributed by atoms with van der Waals surface area (Å²) in [5.74, 6) is -0.811. The van der Waals surface area contributed by atoms with E-state index in [1.165, 1.54) is 17.8 Å². The number of primary amides is 1. The highest BCUT2D eigenvalue weighted by atomic mass is 32.1. The van der Waals surface area contributed by atoms with Gasteiger partial charge in [0.05, 0.1) is 16.1 Å². The molecule has 6 nitrogen and oxygen atoms in total. The molecule has 154 valence electrons. The average Bonchev–Trinajstić information content (AvgIpc) is 3.25. The van der Waals surface area contributed by atoms with E-state index in [1.54, 1.807) is 30.6 Å². The highest BCUT2D eigenvalue weighted by Crippen LogP contribution is 2.31. The maximum Gasteiger partial charge on any atom is 0.265 e. The molecule has 0 saturated carbocycles. The van der Waals surface area contributed by atoms with E-state index in [-0.39, 0.29) is 5.91 Å². The summed E-state index contributed by atoms with van der Waals surface area (Å²) in [6, 6.07) is 11.1. The van der Waals surface area contributed by atoms with Crippen molar-refractivity contribution in [2.24, 2.45) is 5.73 Å². The minimum absolute atomic E-state index is 0.258. The van der Waals surface area contributed by atoms with Gasteiger partial charge in [0.15, 0.2) is 0 Å². The van der Waals surface area contributed by atoms with Crippen LogP contribution in [0.4, 0.5) is 11.4 Å². The van der Waals surface area contributed by atoms with Crippen molar-refractivity contribution in [2.75, 3.05) is 23.3 Å². The number of aryl methyl sites for hydroxylation is 1. The van der Waals surface area contributed by atoms with Crippen LogP contribution >= 0.6 is 11.3 Å². The van der Waals surface area contributed by atoms with E-state index >= 15 is 0 Å². The number of benzene rings is 1. The summed E-state index contributed by atoms with van der Waals surface area (Å²) in [6.07, 6.45) is 7.06. The second kappa shape index (κ2) is 8.67. The largest absolute Gasteiger partial charge is 0.372 e. The molecular formula is C23H24N4O2S. The van der Waals surface area contributed by atoms with Gasteiger partial charge in [0.25, 0.3) is 11.8 Å². The Labute approximate surface area is 179 Å². The smallest absolute Gasteiger partial charge is 0.265 e. The zero-order valence-electron chi connectivity index (χ0n) is 16.9. The van der Waals surface area contributed by atoms with Crippen LogP contribution in [0.5, 0.6) is 0 Å². The second-order valence-corrected chi connectivity index (χ2v) is 8.53. The third kappa shape index (κ3) is 4.21. The van der Waals surface area contributed by atoms with Crippen molar-refractivity contribution in [1.82, 2.24) is 4.98 Å². The Morgan fingerprint density at radius 1 is 1.10 bits per heavy atom. The van der Waals surface area contributed by atoms with Crippen molar-refractivity contribution in [3.05, 3.63) is 64.8 Å². The summed E-state index contributed by atoms with van der Waals surface area (Å²) in [5.41, 5.74) is 9.44. The maximum atomic E-state index is 12.8. The Hall–Kier alpha value is -3.19. The Morgan fingerprint density at radius 3 is 2.63 bits per heavy atom. The van der Waals surface area contributed by atoms with Crippen molar-refractivity contribution in [1.29, 1.82) is 0 Å². The number of piperidine rings is 1. The lowest BCUT2D eigenvalue weighted by molar-refractivity contribution is 0.100. The van der Waals surface area contributed by atoms with Crippen LogP contribution in [0.2, 0.25) is 0 Å². The van der Waals surface area contributed by atoms with Gasteiger partial charge < -0.3 is 16.0 Å². The number of rotatable bonds is 5. The lowest BCUT2D eigenvalue weighted by atomic mass is 10.1. The van der Waals surface area contributed by atoms with Crippen molar-refractivity contribution < 1.29 is 9.59 Å². The summed E-state index contributed by atoms with van der Waals surface area (Å²) in [5, 5.41) is 2.86. The number of nitrogens with one attached hydrogen (secondary N) is 1. The number of nitrogens with zero attached hydrogens (tertiary/aromatic N) is 2. The lowest BCUT2D eigenvalue weighted by Crippen LogP contribution is -2.29. The summed E-state index contributed by atoms with van der Waals surface area (Å²) >= 11 is 1.40. The fraction of sp³-hybridized carbons (Fsp3) is 0.261. The van der Waals surface area contributed by atoms with Gasteiger partial charge in [-0.1, -0.05) is 0 Å². The normalized spacial score (nSPS) is 13.8. The molecule has 3 aromatic rings. The topological polar surface area (TPSA) is 88.3 Å². The van der Waals surface area contributed by atoms with Crippen LogP contribution in [-0.4, -0.2) is 29.9 Å². The first kappa shape index (κ1) is 20.1. The summed E-state index contributed by atoms with van der Waals surface area (Å²) < 4.78 is 0. The molecule has 2 aromatic heterocycles. The van der Waals surface area contributed by atoms with Gasteiger partial charge in [-0.2, -0.15) is 0 Å². The van der Waals surface area contributed by atoms with Crippen LogP contribution in [0.3, 0.4) is 0 Å². The number of carbonyl (C=O) groups is 2. The number of aromatic nitrogens is 1. The molecule has 4 rings (SSSR count). The average molecular weight is 421 g/mol. The van der Waals surface area contributed by atoms with Crippen molar-refractivity contribution in [2.45, 2.75) is 26.2 Å². The first-order valence-electron chi connectivity index (χ1n) is 10.0. The van der Waals surface area contributed by atoms with Crippen molar-refractivity contribution in [3.8, 4) is 10.4 Å². The van der Waals surface area contributed by atoms with E-state index in [2.05, 4.69) is 15.2 Å². The second-order valence-electron chi connectivity index (χ2n) is 7.45. The van der Waals surface area contributed by atoms with Crippen LogP contribution in [0.15, 0.2) is 48.8 Å². The molecule has 0 aliphatic carbocycles. The van der Waals surface area contributed by atoms with E-state index in [9.17, 15) is 9.59 Å². The first-order chi connectivity index (χ1) is 14.5. The third-order valence-corrected chi connectivity index (χ3v) is 6.47. The van der Waals surface area contributed by atoms with E-state index < -0.39 is 5.91 Å². The van der Waals surface area contributed by atoms with Gasteiger partial charge in [0, 0.05) is 36.0 Å². The lowest BCUT2D eigenvalue weighted by Gasteiger charge is -2.29. The molecule has 0 atom stereocenters. The van der Waals surface area contributed by atoms with Crippen LogP contribution in [0, 0.1) is 6.92 Å². The van der Waals surface area contributed by atoms with Crippen molar-refractivity contribution >= 4 is 34.5 Å². The predicted octanol–water partition coefficient (Wildman–Crippen LogP) is 4.46. The molecule has 7 heteroatoms. The number of hydrogen-bond acceptors (Lipinski definition) is 5. The molecule has 1 saturated heterocycles. The molecule has 1 aliphatic rings. The number of nitrogens with two attached hydrogens (primary N) is 1. The summed E-state index contributed by atoms with van der Waals surface area (Å²) in [4.78, 5) is 32.8. The molecule has 0 radical (unpaired) electrons. The minimum atomic E-state index is -0.552. The third-order valence-electron chi connectivity index (χ3n) is 5.35. The minimum Gasteiger partial charge on any atom is -0.372 e. The van der Waals surface area contributed by atoms with E-state index in [0.29, 0.717) is 16.1 Å². The fourth-order valence-electron chi connectivity index (χ4n) is 3.73. The van der Waals surface area contributed by atoms with Crippen LogP contribution < -0.4 is 16.0 Å². The summed E-state index contributed by atoms with van der Waals surface area (Å²) in [6.45, 7) is 3.93. The van der Waals surface area contributed by atoms with Crippen molar-refractivity contribution in [3.63, 3.8) is 0 Å². The standard InChI is InChI=1S/C23H24N4O2S/c1-15-14-25-10-9-17(15)20-7-8-21(30-20)23(29)26-19-6-5-16(13-18(19)22(24)28)27-11-3-2-4-12-27/h5-10,13-14H,2-4,11-12H2,1H3,(H2,24,28)(H,26,29). The van der Waals surface area contributed by atoms with Gasteiger partial charge in [-0.25, -0.2) is 0 Å². The van der Waals surface area contributed by atoms with Gasteiger partial charge in [-0.05, 0) is 73.7 Å². The molecule has 0 bridgehead atoms. The number of carbonyl (C=O) groups excluding carboxylic acids is 2. The van der Waals surface area contributed by atoms with Crippen LogP contribution in [0.1, 0.15) is 44.9 Å². The Balaban J connectivity index is 1.56. The van der Waals surface area contributed by atoms with Gasteiger partial charge in [-0.3, -0.25) is 14.6 Å². The maximum absolute atomic E-state index is 12.8. The van der Waals surface area contributed by atoms with E-state index in [1.807, 2.05) is 25.1 Å². The van der Waals surface area contributed by atoms with Gasteiger partial charge >= 0.3 is 0 Å².